The molecule has 2 aromatic heterocycles. The lowest BCUT2D eigenvalue weighted by Crippen LogP contribution is -2.40. The summed E-state index contributed by atoms with van der Waals surface area (Å²) in [4.78, 5) is 16.2. The lowest BCUT2D eigenvalue weighted by atomic mass is 9.94. The van der Waals surface area contributed by atoms with Crippen LogP contribution in [0.4, 0.5) is 0 Å². The molecule has 4 heterocycles. The Hall–Kier alpha value is -1.66. The molecule has 2 aliphatic rings. The Balaban J connectivity index is 1.42. The number of carbonyl (C=O) groups is 1. The minimum atomic E-state index is -0.0690. The summed E-state index contributed by atoms with van der Waals surface area (Å²) in [6, 6.07) is 4.21. The molecule has 128 valence electrons. The highest BCUT2D eigenvalue weighted by Gasteiger charge is 2.30. The van der Waals surface area contributed by atoms with Gasteiger partial charge in [-0.3, -0.25) is 9.89 Å². The van der Waals surface area contributed by atoms with Crippen molar-refractivity contribution in [2.75, 3.05) is 19.7 Å². The number of nitrogens with zero attached hydrogens (tertiary/aromatic N) is 2. The van der Waals surface area contributed by atoms with Crippen molar-refractivity contribution in [1.82, 2.24) is 15.1 Å². The van der Waals surface area contributed by atoms with E-state index in [2.05, 4.69) is 27.7 Å². The molecule has 0 saturated carbocycles. The van der Waals surface area contributed by atoms with Crippen molar-refractivity contribution in [3.05, 3.63) is 39.3 Å². The molecule has 2 aliphatic heterocycles. The van der Waals surface area contributed by atoms with Gasteiger partial charge in [0.15, 0.2) is 0 Å². The van der Waals surface area contributed by atoms with E-state index >= 15 is 0 Å². The number of ether oxygens (including phenoxy) is 1. The van der Waals surface area contributed by atoms with Crippen molar-refractivity contribution < 1.29 is 9.53 Å². The predicted octanol–water partition coefficient (Wildman–Crippen LogP) is 3.19. The number of amides is 1. The maximum absolute atomic E-state index is 12.8. The highest BCUT2D eigenvalue weighted by atomic mass is 32.1. The van der Waals surface area contributed by atoms with E-state index in [0.29, 0.717) is 12.3 Å². The van der Waals surface area contributed by atoms with Gasteiger partial charge in [-0.25, -0.2) is 0 Å². The molecule has 0 aromatic carbocycles. The Morgan fingerprint density at radius 1 is 1.54 bits per heavy atom. The molecule has 0 radical (unpaired) electrons. The van der Waals surface area contributed by atoms with Gasteiger partial charge in [-0.15, -0.1) is 11.3 Å². The molecule has 1 N–H and O–H groups in total. The van der Waals surface area contributed by atoms with Gasteiger partial charge in [-0.1, -0.05) is 0 Å². The normalized spacial score (nSPS) is 24.0. The first-order valence-electron chi connectivity index (χ1n) is 8.68. The lowest BCUT2D eigenvalue weighted by Gasteiger charge is -2.33. The number of aromatic amines is 1. The average molecular weight is 345 g/mol. The van der Waals surface area contributed by atoms with Gasteiger partial charge in [-0.05, 0) is 42.8 Å². The second-order valence-electron chi connectivity index (χ2n) is 6.77. The molecule has 0 spiro atoms. The SMILES string of the molecule is Cc1cc([C@@H]2CCCN(C(=O)C[C@@H]3OCCc4sccc43)C2)n[nH]1. The molecular formula is C18H23N3O2S. The number of carbonyl (C=O) groups excluding carboxylic acids is 1. The number of H-pyrrole nitrogens is 1. The Morgan fingerprint density at radius 2 is 2.46 bits per heavy atom. The summed E-state index contributed by atoms with van der Waals surface area (Å²) >= 11 is 1.78. The van der Waals surface area contributed by atoms with Crippen molar-refractivity contribution in [2.45, 2.75) is 44.6 Å². The molecular weight excluding hydrogens is 322 g/mol. The number of aromatic nitrogens is 2. The topological polar surface area (TPSA) is 58.2 Å². The fourth-order valence-electron chi connectivity index (χ4n) is 3.77. The highest BCUT2D eigenvalue weighted by Crippen LogP contribution is 2.34. The van der Waals surface area contributed by atoms with Crippen LogP contribution < -0.4 is 0 Å². The predicted molar refractivity (Wildman–Crippen MR) is 93.2 cm³/mol. The first-order valence-corrected chi connectivity index (χ1v) is 9.56. The molecule has 0 aliphatic carbocycles. The van der Waals surface area contributed by atoms with Gasteiger partial charge in [0.05, 0.1) is 24.8 Å². The largest absolute Gasteiger partial charge is 0.373 e. The van der Waals surface area contributed by atoms with E-state index in [1.807, 2.05) is 11.8 Å². The van der Waals surface area contributed by atoms with E-state index in [1.165, 1.54) is 10.4 Å². The fourth-order valence-corrected chi connectivity index (χ4v) is 4.69. The third-order valence-electron chi connectivity index (χ3n) is 5.05. The van der Waals surface area contributed by atoms with Gasteiger partial charge >= 0.3 is 0 Å². The van der Waals surface area contributed by atoms with Crippen molar-refractivity contribution in [3.8, 4) is 0 Å². The van der Waals surface area contributed by atoms with Gasteiger partial charge in [0.25, 0.3) is 0 Å². The second-order valence-corrected chi connectivity index (χ2v) is 7.77. The number of rotatable bonds is 3. The lowest BCUT2D eigenvalue weighted by molar-refractivity contribution is -0.135. The maximum atomic E-state index is 12.8. The monoisotopic (exact) mass is 345 g/mol. The van der Waals surface area contributed by atoms with Gasteiger partial charge in [0.1, 0.15) is 0 Å². The summed E-state index contributed by atoms with van der Waals surface area (Å²) in [5.41, 5.74) is 3.38. The van der Waals surface area contributed by atoms with E-state index in [1.54, 1.807) is 11.3 Å². The first-order chi connectivity index (χ1) is 11.7. The average Bonchev–Trinajstić information content (AvgIpc) is 3.24. The molecule has 24 heavy (non-hydrogen) atoms. The zero-order chi connectivity index (χ0) is 16.5. The van der Waals surface area contributed by atoms with Crippen LogP contribution in [0.2, 0.25) is 0 Å². The standard InChI is InChI=1S/C18H23N3O2S/c1-12-9-15(20-19-12)13-3-2-6-21(11-13)18(22)10-16-14-5-8-24-17(14)4-7-23-16/h5,8-9,13,16H,2-4,6-7,10-11H2,1H3,(H,19,20)/t13-,16+/m1/s1. The quantitative estimate of drug-likeness (QED) is 0.929. The van der Waals surface area contributed by atoms with Gasteiger partial charge in [0.2, 0.25) is 5.91 Å². The van der Waals surface area contributed by atoms with Crippen LogP contribution in [0.5, 0.6) is 0 Å². The van der Waals surface area contributed by atoms with Crippen LogP contribution in [-0.4, -0.2) is 40.7 Å². The van der Waals surface area contributed by atoms with E-state index in [0.717, 1.165) is 50.3 Å². The highest BCUT2D eigenvalue weighted by molar-refractivity contribution is 7.10. The Bertz CT molecular complexity index is 723. The van der Waals surface area contributed by atoms with E-state index in [4.69, 9.17) is 4.74 Å². The van der Waals surface area contributed by atoms with Gasteiger partial charge < -0.3 is 9.64 Å². The second kappa shape index (κ2) is 6.69. The van der Waals surface area contributed by atoms with E-state index in [9.17, 15) is 4.79 Å². The van der Waals surface area contributed by atoms with Crippen molar-refractivity contribution in [1.29, 1.82) is 0 Å². The molecule has 2 atom stereocenters. The first kappa shape index (κ1) is 15.8. The molecule has 1 amide bonds. The van der Waals surface area contributed by atoms with Crippen LogP contribution in [0.3, 0.4) is 0 Å². The number of thiophene rings is 1. The number of hydrogen-bond acceptors (Lipinski definition) is 4. The molecule has 1 fully saturated rings. The summed E-state index contributed by atoms with van der Waals surface area (Å²) in [5, 5.41) is 9.50. The van der Waals surface area contributed by atoms with Gasteiger partial charge in [-0.2, -0.15) is 5.10 Å². The maximum Gasteiger partial charge on any atom is 0.225 e. The smallest absolute Gasteiger partial charge is 0.225 e. The summed E-state index contributed by atoms with van der Waals surface area (Å²) in [5.74, 6) is 0.549. The van der Waals surface area contributed by atoms with E-state index < -0.39 is 0 Å². The number of likely N-dealkylation sites (tertiary alicyclic amines) is 1. The minimum Gasteiger partial charge on any atom is -0.373 e. The number of aryl methyl sites for hydroxylation is 1. The third kappa shape index (κ3) is 3.13. The summed E-state index contributed by atoms with van der Waals surface area (Å²) in [7, 11) is 0. The summed E-state index contributed by atoms with van der Waals surface area (Å²) in [6.45, 7) is 4.36. The van der Waals surface area contributed by atoms with Gasteiger partial charge in [0, 0.05) is 36.0 Å². The molecule has 1 saturated heterocycles. The van der Waals surface area contributed by atoms with Crippen LogP contribution in [-0.2, 0) is 16.0 Å². The summed E-state index contributed by atoms with van der Waals surface area (Å²) in [6.07, 6.45) is 3.50. The fraction of sp³-hybridized carbons (Fsp3) is 0.556. The number of fused-ring (bicyclic) bond motifs is 1. The number of piperidine rings is 1. The molecule has 0 bridgehead atoms. The Labute approximate surface area is 146 Å². The molecule has 2 aromatic rings. The summed E-state index contributed by atoms with van der Waals surface area (Å²) < 4.78 is 5.88. The van der Waals surface area contributed by atoms with E-state index in [-0.39, 0.29) is 12.0 Å². The zero-order valence-electron chi connectivity index (χ0n) is 14.0. The molecule has 6 heteroatoms. The van der Waals surface area contributed by atoms with Crippen molar-refractivity contribution in [3.63, 3.8) is 0 Å². The zero-order valence-corrected chi connectivity index (χ0v) is 14.8. The number of nitrogens with one attached hydrogen (secondary N) is 1. The van der Waals surface area contributed by atoms with Crippen molar-refractivity contribution in [2.24, 2.45) is 0 Å². The Kier molecular flexibility index (Phi) is 4.41. The van der Waals surface area contributed by atoms with Crippen LogP contribution in [0.1, 0.15) is 53.1 Å². The molecule has 0 unspecified atom stereocenters. The molecule has 5 nitrogen and oxygen atoms in total. The van der Waals surface area contributed by atoms with Crippen LogP contribution >= 0.6 is 11.3 Å². The van der Waals surface area contributed by atoms with Crippen LogP contribution in [0, 0.1) is 6.92 Å². The van der Waals surface area contributed by atoms with Crippen LogP contribution in [0.15, 0.2) is 17.5 Å². The minimum absolute atomic E-state index is 0.0690. The Morgan fingerprint density at radius 3 is 3.29 bits per heavy atom. The number of hydrogen-bond donors (Lipinski definition) is 1. The third-order valence-corrected chi connectivity index (χ3v) is 6.05. The molecule has 4 rings (SSSR count). The van der Waals surface area contributed by atoms with Crippen molar-refractivity contribution >= 4 is 17.2 Å². The van der Waals surface area contributed by atoms with Crippen LogP contribution in [0.25, 0.3) is 0 Å².